The van der Waals surface area contributed by atoms with E-state index in [-0.39, 0.29) is 5.82 Å². The maximum absolute atomic E-state index is 14.6. The van der Waals surface area contributed by atoms with E-state index in [4.69, 9.17) is 4.74 Å². The van der Waals surface area contributed by atoms with E-state index in [1.807, 2.05) is 0 Å². The van der Waals surface area contributed by atoms with Gasteiger partial charge in [0.05, 0.1) is 42.3 Å². The third kappa shape index (κ3) is 2.77. The molecule has 0 amide bonds. The smallest absolute Gasteiger partial charge is 0.334 e. The van der Waals surface area contributed by atoms with E-state index in [1.165, 1.54) is 22.7 Å². The van der Waals surface area contributed by atoms with Crippen LogP contribution in [0, 0.1) is 11.6 Å². The minimum Gasteiger partial charge on any atom is -0.496 e. The Bertz CT molecular complexity index is 1550. The van der Waals surface area contributed by atoms with Crippen molar-refractivity contribution < 1.29 is 13.5 Å². The van der Waals surface area contributed by atoms with Crippen LogP contribution in [0.4, 0.5) is 8.78 Å². The van der Waals surface area contributed by atoms with Crippen molar-refractivity contribution in [1.82, 2.24) is 34.1 Å². The highest BCUT2D eigenvalue weighted by Crippen LogP contribution is 2.35. The molecule has 0 aliphatic carbocycles. The van der Waals surface area contributed by atoms with Crippen LogP contribution in [0.2, 0.25) is 0 Å². The Labute approximate surface area is 173 Å². The molecule has 0 atom stereocenters. The predicted molar refractivity (Wildman–Crippen MR) is 108 cm³/mol. The molecule has 156 valence electrons. The van der Waals surface area contributed by atoms with Gasteiger partial charge in [0.2, 0.25) is 0 Å². The van der Waals surface area contributed by atoms with Crippen LogP contribution in [0.15, 0.2) is 41.6 Å². The number of aromatic nitrogens is 7. The Kier molecular flexibility index (Phi) is 4.07. The third-order valence-electron chi connectivity index (χ3n) is 5.08. The molecule has 5 rings (SSSR count). The van der Waals surface area contributed by atoms with Gasteiger partial charge in [-0.3, -0.25) is 9.55 Å². The Morgan fingerprint density at radius 2 is 1.84 bits per heavy atom. The molecule has 0 aliphatic rings. The van der Waals surface area contributed by atoms with Crippen molar-refractivity contribution in [2.24, 2.45) is 14.1 Å². The zero-order valence-corrected chi connectivity index (χ0v) is 16.7. The molecule has 4 heterocycles. The number of aryl methyl sites for hydroxylation is 2. The molecule has 0 saturated carbocycles. The van der Waals surface area contributed by atoms with Gasteiger partial charge in [-0.1, -0.05) is 0 Å². The number of benzene rings is 1. The van der Waals surface area contributed by atoms with E-state index in [0.717, 1.165) is 10.8 Å². The van der Waals surface area contributed by atoms with Crippen LogP contribution in [0.25, 0.3) is 39.0 Å². The Morgan fingerprint density at radius 1 is 1.03 bits per heavy atom. The van der Waals surface area contributed by atoms with Crippen molar-refractivity contribution >= 4 is 21.9 Å². The van der Waals surface area contributed by atoms with Crippen LogP contribution < -0.4 is 10.4 Å². The lowest BCUT2D eigenvalue weighted by atomic mass is 10.1. The molecule has 0 unspecified atom stereocenters. The summed E-state index contributed by atoms with van der Waals surface area (Å²) in [5.41, 5.74) is 1.97. The standard InChI is InChI=1S/C20H15F2N7O2/c1-27-16-9-23-14-6-17(31-3)11(15-8-25-28(2)26-15)5-12(14)18(16)29(20(27)30)19-13(22)4-10(21)7-24-19/h4-9H,1-3H3. The number of fused-ring (bicyclic) bond motifs is 3. The highest BCUT2D eigenvalue weighted by Gasteiger charge is 2.21. The Hall–Kier alpha value is -4.15. The molecule has 0 aliphatic heterocycles. The molecule has 4 aromatic heterocycles. The fourth-order valence-corrected chi connectivity index (χ4v) is 3.63. The maximum Gasteiger partial charge on any atom is 0.334 e. The van der Waals surface area contributed by atoms with Crippen molar-refractivity contribution in [2.45, 2.75) is 0 Å². The Morgan fingerprint density at radius 3 is 2.52 bits per heavy atom. The van der Waals surface area contributed by atoms with Crippen molar-refractivity contribution in [3.05, 3.63) is 58.9 Å². The first-order chi connectivity index (χ1) is 14.9. The number of halogens is 2. The van der Waals surface area contributed by atoms with Gasteiger partial charge in [0.1, 0.15) is 17.3 Å². The molecular formula is C20H15F2N7O2. The van der Waals surface area contributed by atoms with Gasteiger partial charge in [0, 0.05) is 37.2 Å². The van der Waals surface area contributed by atoms with E-state index in [1.54, 1.807) is 32.4 Å². The molecule has 0 spiro atoms. The third-order valence-corrected chi connectivity index (χ3v) is 5.08. The molecule has 11 heteroatoms. The van der Waals surface area contributed by atoms with Crippen LogP contribution >= 0.6 is 0 Å². The molecule has 9 nitrogen and oxygen atoms in total. The predicted octanol–water partition coefficient (Wildman–Crippen LogP) is 2.35. The maximum atomic E-state index is 14.6. The number of pyridine rings is 2. The minimum atomic E-state index is -0.956. The number of ether oxygens (including phenoxy) is 1. The zero-order chi connectivity index (χ0) is 21.9. The van der Waals surface area contributed by atoms with Gasteiger partial charge in [-0.25, -0.2) is 23.1 Å². The summed E-state index contributed by atoms with van der Waals surface area (Å²) in [4.78, 5) is 22.7. The van der Waals surface area contributed by atoms with E-state index in [9.17, 15) is 13.6 Å². The highest BCUT2D eigenvalue weighted by atomic mass is 19.1. The Balaban J connectivity index is 1.94. The molecule has 0 saturated heterocycles. The summed E-state index contributed by atoms with van der Waals surface area (Å²) in [7, 11) is 4.76. The fraction of sp³-hybridized carbons (Fsp3) is 0.150. The topological polar surface area (TPSA) is 92.7 Å². The van der Waals surface area contributed by atoms with E-state index < -0.39 is 17.3 Å². The molecular weight excluding hydrogens is 408 g/mol. The molecule has 0 bridgehead atoms. The lowest BCUT2D eigenvalue weighted by Crippen LogP contribution is -2.22. The lowest BCUT2D eigenvalue weighted by Gasteiger charge is -2.10. The first-order valence-electron chi connectivity index (χ1n) is 9.15. The molecule has 0 N–H and O–H groups in total. The van der Waals surface area contributed by atoms with Crippen molar-refractivity contribution in [3.8, 4) is 22.8 Å². The van der Waals surface area contributed by atoms with Crippen molar-refractivity contribution in [3.63, 3.8) is 0 Å². The lowest BCUT2D eigenvalue weighted by molar-refractivity contribution is 0.417. The van der Waals surface area contributed by atoms with Gasteiger partial charge in [0.15, 0.2) is 11.6 Å². The molecule has 0 radical (unpaired) electrons. The summed E-state index contributed by atoms with van der Waals surface area (Å²) in [6.07, 6.45) is 3.95. The zero-order valence-electron chi connectivity index (χ0n) is 16.7. The number of hydrogen-bond donors (Lipinski definition) is 0. The summed E-state index contributed by atoms with van der Waals surface area (Å²) in [6, 6.07) is 4.14. The normalized spacial score (nSPS) is 11.5. The van der Waals surface area contributed by atoms with Crippen LogP contribution in [0.5, 0.6) is 5.75 Å². The number of nitrogens with zero attached hydrogens (tertiary/aromatic N) is 7. The molecule has 1 aromatic carbocycles. The number of methoxy groups -OCH3 is 1. The average Bonchev–Trinajstić information content (AvgIpc) is 3.29. The number of imidazole rings is 1. The monoisotopic (exact) mass is 423 g/mol. The quantitative estimate of drug-likeness (QED) is 0.442. The average molecular weight is 423 g/mol. The van der Waals surface area contributed by atoms with Crippen LogP contribution in [0.3, 0.4) is 0 Å². The van der Waals surface area contributed by atoms with Gasteiger partial charge in [0.25, 0.3) is 0 Å². The molecule has 5 aromatic rings. The van der Waals surface area contributed by atoms with Crippen LogP contribution in [0.1, 0.15) is 0 Å². The highest BCUT2D eigenvalue weighted by molar-refractivity contribution is 6.05. The van der Waals surface area contributed by atoms with Crippen LogP contribution in [-0.2, 0) is 14.1 Å². The van der Waals surface area contributed by atoms with E-state index in [2.05, 4.69) is 20.2 Å². The molecule has 0 fully saturated rings. The summed E-state index contributed by atoms with van der Waals surface area (Å²) in [5.74, 6) is -1.59. The van der Waals surface area contributed by atoms with Gasteiger partial charge in [-0.2, -0.15) is 15.0 Å². The van der Waals surface area contributed by atoms with E-state index in [0.29, 0.717) is 45.0 Å². The second-order valence-electron chi connectivity index (χ2n) is 6.92. The summed E-state index contributed by atoms with van der Waals surface area (Å²) < 4.78 is 36.0. The first-order valence-corrected chi connectivity index (χ1v) is 9.15. The number of hydrogen-bond acceptors (Lipinski definition) is 6. The summed E-state index contributed by atoms with van der Waals surface area (Å²) >= 11 is 0. The van der Waals surface area contributed by atoms with E-state index >= 15 is 0 Å². The minimum absolute atomic E-state index is 0.304. The number of rotatable bonds is 3. The fourth-order valence-electron chi connectivity index (χ4n) is 3.63. The molecule has 31 heavy (non-hydrogen) atoms. The largest absolute Gasteiger partial charge is 0.496 e. The second kappa shape index (κ2) is 6.69. The van der Waals surface area contributed by atoms with Gasteiger partial charge in [-0.05, 0) is 6.07 Å². The van der Waals surface area contributed by atoms with Crippen molar-refractivity contribution in [1.29, 1.82) is 0 Å². The van der Waals surface area contributed by atoms with Crippen LogP contribution in [-0.4, -0.2) is 41.2 Å². The summed E-state index contributed by atoms with van der Waals surface area (Å²) in [6.45, 7) is 0. The SMILES string of the molecule is COc1cc2ncc3c(c2cc1-c1cnn(C)n1)n(-c1ncc(F)cc1F)c(=O)n3C. The first kappa shape index (κ1) is 18.9. The second-order valence-corrected chi connectivity index (χ2v) is 6.92. The van der Waals surface area contributed by atoms with Gasteiger partial charge in [-0.15, -0.1) is 0 Å². The summed E-state index contributed by atoms with van der Waals surface area (Å²) in [5, 5.41) is 8.96. The van der Waals surface area contributed by atoms with Gasteiger partial charge >= 0.3 is 5.69 Å². The van der Waals surface area contributed by atoms with Gasteiger partial charge < -0.3 is 4.74 Å². The van der Waals surface area contributed by atoms with Crippen molar-refractivity contribution in [2.75, 3.05) is 7.11 Å².